The Balaban J connectivity index is 2.08. The number of aliphatic hydroxyl groups excluding tert-OH is 1. The van der Waals surface area contributed by atoms with Gasteiger partial charge >= 0.3 is 0 Å². The molecule has 1 amide bonds. The highest BCUT2D eigenvalue weighted by molar-refractivity contribution is 7.89. The molecule has 1 unspecified atom stereocenters. The van der Waals surface area contributed by atoms with E-state index in [1.54, 1.807) is 13.0 Å². The van der Waals surface area contributed by atoms with E-state index in [0.717, 1.165) is 0 Å². The molecule has 1 aliphatic rings. The Bertz CT molecular complexity index is 683. The van der Waals surface area contributed by atoms with Gasteiger partial charge in [0, 0.05) is 25.0 Å². The Morgan fingerprint density at radius 1 is 1.33 bits per heavy atom. The molecule has 1 saturated heterocycles. The van der Waals surface area contributed by atoms with Gasteiger partial charge in [-0.3, -0.25) is 4.79 Å². The summed E-state index contributed by atoms with van der Waals surface area (Å²) in [5.74, 6) is -0.434. The lowest BCUT2D eigenvalue weighted by Crippen LogP contribution is -2.45. The van der Waals surface area contributed by atoms with Gasteiger partial charge in [-0.15, -0.1) is 0 Å². The largest absolute Gasteiger partial charge is 0.394 e. The molecule has 1 fully saturated rings. The highest BCUT2D eigenvalue weighted by atomic mass is 35.5. The van der Waals surface area contributed by atoms with E-state index in [1.165, 1.54) is 16.4 Å². The predicted octanol–water partition coefficient (Wildman–Crippen LogP) is 1.89. The van der Waals surface area contributed by atoms with Crippen LogP contribution in [-0.2, 0) is 14.8 Å². The van der Waals surface area contributed by atoms with Gasteiger partial charge in [0.15, 0.2) is 0 Å². The zero-order valence-corrected chi connectivity index (χ0v) is 15.5. The maximum atomic E-state index is 12.8. The van der Waals surface area contributed by atoms with Crippen molar-refractivity contribution < 1.29 is 18.3 Å². The van der Waals surface area contributed by atoms with E-state index in [4.69, 9.17) is 28.3 Å². The quantitative estimate of drug-likeness (QED) is 0.797. The average molecular weight is 395 g/mol. The van der Waals surface area contributed by atoms with Crippen molar-refractivity contribution in [3.8, 4) is 0 Å². The van der Waals surface area contributed by atoms with Gasteiger partial charge in [0.25, 0.3) is 0 Å². The van der Waals surface area contributed by atoms with Crippen LogP contribution in [0.15, 0.2) is 23.1 Å². The van der Waals surface area contributed by atoms with Crippen LogP contribution < -0.4 is 5.32 Å². The van der Waals surface area contributed by atoms with Crippen LogP contribution in [0.1, 0.15) is 19.8 Å². The first-order chi connectivity index (χ1) is 11.3. The second-order valence-corrected chi connectivity index (χ2v) is 8.51. The first-order valence-corrected chi connectivity index (χ1v) is 9.82. The number of hydrogen-bond donors (Lipinski definition) is 2. The number of hydrogen-bond acceptors (Lipinski definition) is 4. The number of benzene rings is 1. The highest BCUT2D eigenvalue weighted by Crippen LogP contribution is 2.33. The van der Waals surface area contributed by atoms with Crippen LogP contribution in [-0.4, -0.2) is 49.5 Å². The Morgan fingerprint density at radius 3 is 2.38 bits per heavy atom. The molecule has 0 bridgehead atoms. The van der Waals surface area contributed by atoms with Gasteiger partial charge in [-0.05, 0) is 31.9 Å². The maximum Gasteiger partial charge on any atom is 0.246 e. The van der Waals surface area contributed by atoms with Crippen LogP contribution in [0.3, 0.4) is 0 Å². The summed E-state index contributed by atoms with van der Waals surface area (Å²) < 4.78 is 26.8. The number of piperidine rings is 1. The molecular formula is C15H20Cl2N2O4S. The third kappa shape index (κ3) is 4.21. The summed E-state index contributed by atoms with van der Waals surface area (Å²) >= 11 is 12.0. The average Bonchev–Trinajstić information content (AvgIpc) is 2.54. The van der Waals surface area contributed by atoms with Crippen molar-refractivity contribution >= 4 is 39.1 Å². The summed E-state index contributed by atoms with van der Waals surface area (Å²) in [6.45, 7) is 2.01. The minimum Gasteiger partial charge on any atom is -0.394 e. The second kappa shape index (κ2) is 8.01. The molecule has 0 radical (unpaired) electrons. The van der Waals surface area contributed by atoms with Gasteiger partial charge in [0.05, 0.1) is 16.7 Å². The summed E-state index contributed by atoms with van der Waals surface area (Å²) in [5.41, 5.74) is 0. The van der Waals surface area contributed by atoms with Crippen molar-refractivity contribution in [2.24, 2.45) is 5.92 Å². The summed E-state index contributed by atoms with van der Waals surface area (Å²) in [6, 6.07) is 4.23. The minimum atomic E-state index is -3.80. The first-order valence-electron chi connectivity index (χ1n) is 7.62. The van der Waals surface area contributed by atoms with Crippen molar-refractivity contribution in [3.63, 3.8) is 0 Å². The number of rotatable bonds is 5. The zero-order chi connectivity index (χ0) is 17.9. The third-order valence-electron chi connectivity index (χ3n) is 4.00. The molecule has 2 N–H and O–H groups in total. The number of nitrogens with one attached hydrogen (secondary N) is 1. The maximum absolute atomic E-state index is 12.8. The van der Waals surface area contributed by atoms with Gasteiger partial charge in [0.2, 0.25) is 15.9 Å². The van der Waals surface area contributed by atoms with Crippen LogP contribution in [0.2, 0.25) is 10.0 Å². The molecule has 0 saturated carbocycles. The Hall–Kier alpha value is -0.860. The van der Waals surface area contributed by atoms with Gasteiger partial charge in [-0.2, -0.15) is 4.31 Å². The van der Waals surface area contributed by atoms with E-state index in [0.29, 0.717) is 12.8 Å². The molecule has 1 aromatic carbocycles. The van der Waals surface area contributed by atoms with E-state index >= 15 is 0 Å². The molecule has 1 heterocycles. The fraction of sp³-hybridized carbons (Fsp3) is 0.533. The normalized spacial score (nSPS) is 18.3. The lowest BCUT2D eigenvalue weighted by Gasteiger charge is -2.31. The van der Waals surface area contributed by atoms with Crippen LogP contribution in [0.5, 0.6) is 0 Å². The van der Waals surface area contributed by atoms with E-state index in [2.05, 4.69) is 5.32 Å². The Labute approximate surface area is 151 Å². The molecule has 1 aromatic rings. The molecule has 0 aliphatic carbocycles. The molecular weight excluding hydrogens is 375 g/mol. The first kappa shape index (κ1) is 19.5. The molecule has 24 heavy (non-hydrogen) atoms. The van der Waals surface area contributed by atoms with Gasteiger partial charge in [-0.1, -0.05) is 29.3 Å². The van der Waals surface area contributed by atoms with Crippen molar-refractivity contribution in [3.05, 3.63) is 28.2 Å². The standard InChI is InChI=1S/C15H20Cl2N2O4S/c1-10(9-20)18-15(21)11-5-7-19(8-6-11)24(22,23)14-12(16)3-2-4-13(14)17/h2-4,10-11,20H,5-9H2,1H3,(H,18,21). The number of amides is 1. The minimum absolute atomic E-state index is 0.0825. The number of carbonyl (C=O) groups is 1. The SMILES string of the molecule is CC(CO)NC(=O)C1CCN(S(=O)(=O)c2c(Cl)cccc2Cl)CC1. The van der Waals surface area contributed by atoms with E-state index in [9.17, 15) is 13.2 Å². The number of sulfonamides is 1. The molecule has 9 heteroatoms. The zero-order valence-electron chi connectivity index (χ0n) is 13.2. The van der Waals surface area contributed by atoms with Crippen molar-refractivity contribution in [1.82, 2.24) is 9.62 Å². The Morgan fingerprint density at radius 2 is 1.88 bits per heavy atom. The fourth-order valence-corrected chi connectivity index (χ4v) is 5.18. The monoisotopic (exact) mass is 394 g/mol. The lowest BCUT2D eigenvalue weighted by atomic mass is 9.97. The molecule has 134 valence electrons. The fourth-order valence-electron chi connectivity index (χ4n) is 2.62. The van der Waals surface area contributed by atoms with E-state index < -0.39 is 10.0 Å². The second-order valence-electron chi connectivity index (χ2n) is 5.82. The van der Waals surface area contributed by atoms with Gasteiger partial charge < -0.3 is 10.4 Å². The molecule has 0 spiro atoms. The van der Waals surface area contributed by atoms with Crippen LogP contribution in [0.25, 0.3) is 0 Å². The lowest BCUT2D eigenvalue weighted by molar-refractivity contribution is -0.127. The third-order valence-corrected chi connectivity index (χ3v) is 6.86. The van der Waals surface area contributed by atoms with Crippen LogP contribution in [0.4, 0.5) is 0 Å². The number of halogens is 2. The molecule has 0 aromatic heterocycles. The van der Waals surface area contributed by atoms with Crippen LogP contribution in [0, 0.1) is 5.92 Å². The van der Waals surface area contributed by atoms with Gasteiger partial charge in [-0.25, -0.2) is 8.42 Å². The molecule has 1 aliphatic heterocycles. The van der Waals surface area contributed by atoms with E-state index in [1.807, 2.05) is 0 Å². The predicted molar refractivity (Wildman–Crippen MR) is 92.6 cm³/mol. The van der Waals surface area contributed by atoms with Gasteiger partial charge in [0.1, 0.15) is 4.90 Å². The number of carbonyl (C=O) groups excluding carboxylic acids is 1. The highest BCUT2D eigenvalue weighted by Gasteiger charge is 2.34. The number of nitrogens with zero attached hydrogens (tertiary/aromatic N) is 1. The molecule has 6 nitrogen and oxygen atoms in total. The van der Waals surface area contributed by atoms with Crippen molar-refractivity contribution in [2.45, 2.75) is 30.7 Å². The van der Waals surface area contributed by atoms with Crippen molar-refractivity contribution in [2.75, 3.05) is 19.7 Å². The molecule has 1 atom stereocenters. The van der Waals surface area contributed by atoms with E-state index in [-0.39, 0.29) is 52.5 Å². The topological polar surface area (TPSA) is 86.7 Å². The number of aliphatic hydroxyl groups is 1. The smallest absolute Gasteiger partial charge is 0.246 e. The summed E-state index contributed by atoms with van der Waals surface area (Å²) in [5, 5.41) is 11.9. The Kier molecular flexibility index (Phi) is 6.50. The summed E-state index contributed by atoms with van der Waals surface area (Å²) in [6.07, 6.45) is 0.816. The summed E-state index contributed by atoms with van der Waals surface area (Å²) in [4.78, 5) is 12.0. The van der Waals surface area contributed by atoms with Crippen molar-refractivity contribution in [1.29, 1.82) is 0 Å². The molecule has 2 rings (SSSR count). The summed E-state index contributed by atoms with van der Waals surface area (Å²) in [7, 11) is -3.80. The van der Waals surface area contributed by atoms with Crippen LogP contribution >= 0.6 is 23.2 Å².